The fraction of sp³-hybridized carbons (Fsp3) is 0.667. The van der Waals surface area contributed by atoms with Crippen LogP contribution in [0, 0.1) is 0 Å². The molecular formula is C9H20N4. The number of rotatable bonds is 5. The maximum atomic E-state index is 5.78. The van der Waals surface area contributed by atoms with Crippen LogP contribution in [0.2, 0.25) is 0 Å². The standard InChI is InChI=1S/C9H20N4/c1-7(2)8(10)5-4-6-13-9(11)12-3/h8H,1,4-6,10H2,2-3H3,(H3,11,12,13). The maximum Gasteiger partial charge on any atom is 0.188 e. The number of guanidine groups is 1. The van der Waals surface area contributed by atoms with Crippen LogP contribution in [-0.4, -0.2) is 25.6 Å². The second kappa shape index (κ2) is 6.48. The Morgan fingerprint density at radius 2 is 2.23 bits per heavy atom. The van der Waals surface area contributed by atoms with Gasteiger partial charge in [0.05, 0.1) is 0 Å². The molecule has 0 saturated carbocycles. The van der Waals surface area contributed by atoms with Crippen LogP contribution in [-0.2, 0) is 0 Å². The monoisotopic (exact) mass is 184 g/mol. The minimum Gasteiger partial charge on any atom is -0.370 e. The van der Waals surface area contributed by atoms with Gasteiger partial charge in [0, 0.05) is 19.6 Å². The highest BCUT2D eigenvalue weighted by Crippen LogP contribution is 2.01. The minimum absolute atomic E-state index is 0.0987. The van der Waals surface area contributed by atoms with Crippen molar-refractivity contribution in [2.24, 2.45) is 16.5 Å². The molecule has 0 aliphatic rings. The molecule has 0 rings (SSSR count). The van der Waals surface area contributed by atoms with E-state index in [2.05, 4.69) is 16.9 Å². The molecule has 0 aliphatic carbocycles. The van der Waals surface area contributed by atoms with Crippen LogP contribution < -0.4 is 16.8 Å². The number of nitrogens with two attached hydrogens (primary N) is 2. The van der Waals surface area contributed by atoms with Gasteiger partial charge in [0.15, 0.2) is 5.96 Å². The predicted octanol–water partition coefficient (Wildman–Crippen LogP) is 0.204. The summed E-state index contributed by atoms with van der Waals surface area (Å²) in [6.07, 6.45) is 1.91. The lowest BCUT2D eigenvalue weighted by atomic mass is 10.1. The maximum absolute atomic E-state index is 5.78. The quantitative estimate of drug-likeness (QED) is 0.247. The molecule has 0 aromatic heterocycles. The molecule has 0 aromatic rings. The lowest BCUT2D eigenvalue weighted by molar-refractivity contribution is 0.632. The van der Waals surface area contributed by atoms with Gasteiger partial charge in [0.2, 0.25) is 0 Å². The molecule has 0 spiro atoms. The first-order valence-corrected chi connectivity index (χ1v) is 4.45. The second-order valence-electron chi connectivity index (χ2n) is 3.13. The normalized spacial score (nSPS) is 13.9. The van der Waals surface area contributed by atoms with Gasteiger partial charge in [0.1, 0.15) is 0 Å². The molecule has 13 heavy (non-hydrogen) atoms. The van der Waals surface area contributed by atoms with Gasteiger partial charge in [-0.2, -0.15) is 0 Å². The summed E-state index contributed by atoms with van der Waals surface area (Å²) in [5.41, 5.74) is 12.2. The third-order valence-electron chi connectivity index (χ3n) is 1.87. The van der Waals surface area contributed by atoms with Crippen LogP contribution in [0.15, 0.2) is 17.1 Å². The Morgan fingerprint density at radius 1 is 1.62 bits per heavy atom. The molecule has 0 fully saturated rings. The van der Waals surface area contributed by atoms with Crippen molar-refractivity contribution < 1.29 is 0 Å². The van der Waals surface area contributed by atoms with Crippen molar-refractivity contribution in [3.05, 3.63) is 12.2 Å². The van der Waals surface area contributed by atoms with Gasteiger partial charge < -0.3 is 16.8 Å². The first kappa shape index (κ1) is 12.0. The number of hydrogen-bond donors (Lipinski definition) is 3. The van der Waals surface area contributed by atoms with Crippen LogP contribution in [0.1, 0.15) is 19.8 Å². The molecule has 0 aliphatic heterocycles. The highest BCUT2D eigenvalue weighted by atomic mass is 15.1. The van der Waals surface area contributed by atoms with E-state index in [0.717, 1.165) is 25.0 Å². The fourth-order valence-electron chi connectivity index (χ4n) is 0.864. The molecule has 4 heteroatoms. The Bertz CT molecular complexity index is 186. The van der Waals surface area contributed by atoms with Crippen molar-refractivity contribution >= 4 is 5.96 Å². The van der Waals surface area contributed by atoms with E-state index in [4.69, 9.17) is 11.5 Å². The van der Waals surface area contributed by atoms with E-state index in [1.54, 1.807) is 7.05 Å². The molecule has 0 amide bonds. The van der Waals surface area contributed by atoms with Crippen LogP contribution in [0.3, 0.4) is 0 Å². The first-order valence-electron chi connectivity index (χ1n) is 4.45. The van der Waals surface area contributed by atoms with E-state index >= 15 is 0 Å². The van der Waals surface area contributed by atoms with Crippen molar-refractivity contribution in [3.63, 3.8) is 0 Å². The summed E-state index contributed by atoms with van der Waals surface area (Å²) in [5, 5.41) is 2.97. The smallest absolute Gasteiger partial charge is 0.188 e. The van der Waals surface area contributed by atoms with Crippen LogP contribution in [0.4, 0.5) is 0 Å². The van der Waals surface area contributed by atoms with Crippen LogP contribution in [0.5, 0.6) is 0 Å². The third-order valence-corrected chi connectivity index (χ3v) is 1.87. The molecule has 4 nitrogen and oxygen atoms in total. The summed E-state index contributed by atoms with van der Waals surface area (Å²) in [5.74, 6) is 0.476. The molecule has 0 saturated heterocycles. The van der Waals surface area contributed by atoms with E-state index in [-0.39, 0.29) is 6.04 Å². The molecule has 76 valence electrons. The predicted molar refractivity (Wildman–Crippen MR) is 57.6 cm³/mol. The van der Waals surface area contributed by atoms with Gasteiger partial charge in [-0.1, -0.05) is 12.2 Å². The van der Waals surface area contributed by atoms with Crippen molar-refractivity contribution in [1.82, 2.24) is 5.32 Å². The molecule has 0 bridgehead atoms. The fourth-order valence-corrected chi connectivity index (χ4v) is 0.864. The Balaban J connectivity index is 3.41. The highest BCUT2D eigenvalue weighted by molar-refractivity contribution is 5.77. The number of nitrogens with zero attached hydrogens (tertiary/aromatic N) is 1. The number of nitrogens with one attached hydrogen (secondary N) is 1. The zero-order valence-electron chi connectivity index (χ0n) is 8.51. The average Bonchev–Trinajstić information content (AvgIpc) is 2.11. The lowest BCUT2D eigenvalue weighted by Gasteiger charge is -2.11. The topological polar surface area (TPSA) is 76.4 Å². The van der Waals surface area contributed by atoms with Crippen LogP contribution in [0.25, 0.3) is 0 Å². The molecule has 1 unspecified atom stereocenters. The summed E-state index contributed by atoms with van der Waals surface area (Å²) in [6.45, 7) is 6.55. The van der Waals surface area contributed by atoms with E-state index in [1.807, 2.05) is 6.92 Å². The molecule has 5 N–H and O–H groups in total. The Kier molecular flexibility index (Phi) is 5.97. The third kappa shape index (κ3) is 6.16. The molecule has 0 heterocycles. The Hall–Kier alpha value is -1.03. The zero-order chi connectivity index (χ0) is 10.3. The molecule has 1 atom stereocenters. The van der Waals surface area contributed by atoms with Crippen LogP contribution >= 0.6 is 0 Å². The van der Waals surface area contributed by atoms with Gasteiger partial charge in [0.25, 0.3) is 0 Å². The number of hydrogen-bond acceptors (Lipinski definition) is 2. The first-order chi connectivity index (χ1) is 6.07. The van der Waals surface area contributed by atoms with E-state index in [0.29, 0.717) is 5.96 Å². The molecule has 0 radical (unpaired) electrons. The molecular weight excluding hydrogens is 164 g/mol. The van der Waals surface area contributed by atoms with E-state index in [9.17, 15) is 0 Å². The van der Waals surface area contributed by atoms with Gasteiger partial charge in [-0.15, -0.1) is 0 Å². The number of aliphatic imine (C=N–C) groups is 1. The van der Waals surface area contributed by atoms with Crippen molar-refractivity contribution in [1.29, 1.82) is 0 Å². The Labute approximate surface area is 80.1 Å². The van der Waals surface area contributed by atoms with Gasteiger partial charge in [-0.05, 0) is 19.8 Å². The SMILES string of the molecule is C=C(C)C(N)CCCNC(N)=NC. The van der Waals surface area contributed by atoms with E-state index in [1.165, 1.54) is 0 Å². The van der Waals surface area contributed by atoms with E-state index < -0.39 is 0 Å². The van der Waals surface area contributed by atoms with Gasteiger partial charge in [-0.25, -0.2) is 0 Å². The summed E-state index contributed by atoms with van der Waals surface area (Å²) in [7, 11) is 1.65. The van der Waals surface area contributed by atoms with Gasteiger partial charge >= 0.3 is 0 Å². The molecule has 0 aromatic carbocycles. The average molecular weight is 184 g/mol. The minimum atomic E-state index is 0.0987. The summed E-state index contributed by atoms with van der Waals surface area (Å²) >= 11 is 0. The van der Waals surface area contributed by atoms with Crippen molar-refractivity contribution in [2.75, 3.05) is 13.6 Å². The lowest BCUT2D eigenvalue weighted by Crippen LogP contribution is -2.33. The van der Waals surface area contributed by atoms with Crippen molar-refractivity contribution in [2.45, 2.75) is 25.8 Å². The summed E-state index contributed by atoms with van der Waals surface area (Å²) < 4.78 is 0. The highest BCUT2D eigenvalue weighted by Gasteiger charge is 2.01. The summed E-state index contributed by atoms with van der Waals surface area (Å²) in [6, 6.07) is 0.0987. The zero-order valence-corrected chi connectivity index (χ0v) is 8.51. The van der Waals surface area contributed by atoms with Gasteiger partial charge in [-0.3, -0.25) is 4.99 Å². The Morgan fingerprint density at radius 3 is 2.69 bits per heavy atom. The summed E-state index contributed by atoms with van der Waals surface area (Å²) in [4.78, 5) is 3.77. The second-order valence-corrected chi connectivity index (χ2v) is 3.13. The largest absolute Gasteiger partial charge is 0.370 e. The van der Waals surface area contributed by atoms with Crippen molar-refractivity contribution in [3.8, 4) is 0 Å².